The fourth-order valence-electron chi connectivity index (χ4n) is 4.34. The molecule has 1 aromatic heterocycles. The summed E-state index contributed by atoms with van der Waals surface area (Å²) in [5.41, 5.74) is 2.53. The van der Waals surface area contributed by atoms with Gasteiger partial charge in [0.1, 0.15) is 12.4 Å². The van der Waals surface area contributed by atoms with Crippen LogP contribution in [0, 0.1) is 0 Å². The minimum Gasteiger partial charge on any atom is -0.352 e. The van der Waals surface area contributed by atoms with Gasteiger partial charge < -0.3 is 14.8 Å². The van der Waals surface area contributed by atoms with E-state index in [-0.39, 0.29) is 11.8 Å². The van der Waals surface area contributed by atoms with Gasteiger partial charge in [-0.1, -0.05) is 28.1 Å². The maximum absolute atomic E-state index is 13.1. The molecule has 0 aliphatic carbocycles. The van der Waals surface area contributed by atoms with E-state index in [1.165, 1.54) is 6.42 Å². The average molecular weight is 497 g/mol. The summed E-state index contributed by atoms with van der Waals surface area (Å²) in [6, 6.07) is 15.6. The smallest absolute Gasteiger partial charge is 0.251 e. The topological polar surface area (TPSA) is 67.2 Å². The van der Waals surface area contributed by atoms with Gasteiger partial charge in [-0.05, 0) is 69.0 Å². The molecule has 1 N–H and O–H groups in total. The number of fused-ring (bicyclic) bond motifs is 1. The summed E-state index contributed by atoms with van der Waals surface area (Å²) in [6.45, 7) is 3.84. The predicted molar refractivity (Wildman–Crippen MR) is 130 cm³/mol. The highest BCUT2D eigenvalue weighted by molar-refractivity contribution is 9.10. The number of benzene rings is 2. The van der Waals surface area contributed by atoms with Crippen molar-refractivity contribution in [3.63, 3.8) is 0 Å². The molecule has 6 nitrogen and oxygen atoms in total. The van der Waals surface area contributed by atoms with Crippen molar-refractivity contribution >= 4 is 38.8 Å². The van der Waals surface area contributed by atoms with Crippen LogP contribution >= 0.6 is 15.9 Å². The number of imidazole rings is 1. The standard InChI is InChI=1S/C25H29BrN4O2/c1-18-7-4-5-16-29(18)24(31)17-30-22-9-3-2-8-21(22)28-23(30)10-6-15-27-25(32)19-11-13-20(26)14-12-19/h2-3,8-9,11-14,18H,4-7,10,15-17H2,1H3,(H,27,32). The minimum absolute atomic E-state index is 0.0831. The molecule has 1 aliphatic rings. The first kappa shape index (κ1) is 22.5. The zero-order valence-corrected chi connectivity index (χ0v) is 20.0. The first-order chi connectivity index (χ1) is 15.5. The molecule has 2 heterocycles. The van der Waals surface area contributed by atoms with Gasteiger partial charge in [-0.3, -0.25) is 9.59 Å². The summed E-state index contributed by atoms with van der Waals surface area (Å²) in [4.78, 5) is 32.2. The first-order valence-corrected chi connectivity index (χ1v) is 12.1. The van der Waals surface area contributed by atoms with Crippen molar-refractivity contribution in [2.75, 3.05) is 13.1 Å². The molecule has 0 saturated carbocycles. The van der Waals surface area contributed by atoms with Gasteiger partial charge >= 0.3 is 0 Å². The highest BCUT2D eigenvalue weighted by atomic mass is 79.9. The number of rotatable bonds is 7. The van der Waals surface area contributed by atoms with E-state index in [0.29, 0.717) is 31.1 Å². The third kappa shape index (κ3) is 5.21. The Morgan fingerprint density at radius 2 is 1.91 bits per heavy atom. The molecule has 1 atom stereocenters. The lowest BCUT2D eigenvalue weighted by Gasteiger charge is -2.33. The summed E-state index contributed by atoms with van der Waals surface area (Å²) >= 11 is 3.38. The fraction of sp³-hybridized carbons (Fsp3) is 0.400. The van der Waals surface area contributed by atoms with Crippen LogP contribution in [0.3, 0.4) is 0 Å². The van der Waals surface area contributed by atoms with Crippen molar-refractivity contribution in [2.45, 2.75) is 51.6 Å². The van der Waals surface area contributed by atoms with E-state index in [1.807, 2.05) is 41.3 Å². The molecule has 1 aliphatic heterocycles. The first-order valence-electron chi connectivity index (χ1n) is 11.3. The molecule has 1 fully saturated rings. The molecular formula is C25H29BrN4O2. The number of carbonyl (C=O) groups is 2. The summed E-state index contributed by atoms with van der Waals surface area (Å²) in [6.07, 6.45) is 4.78. The molecule has 1 unspecified atom stereocenters. The third-order valence-electron chi connectivity index (χ3n) is 6.12. The molecule has 3 aromatic rings. The summed E-state index contributed by atoms with van der Waals surface area (Å²) in [7, 11) is 0. The van der Waals surface area contributed by atoms with E-state index in [1.54, 1.807) is 12.1 Å². The van der Waals surface area contributed by atoms with Gasteiger partial charge in [0.15, 0.2) is 0 Å². The molecule has 0 radical (unpaired) electrons. The van der Waals surface area contributed by atoms with Crippen LogP contribution < -0.4 is 5.32 Å². The van der Waals surface area contributed by atoms with Crippen LogP contribution in [0.5, 0.6) is 0 Å². The zero-order valence-electron chi connectivity index (χ0n) is 18.4. The Morgan fingerprint density at radius 3 is 2.69 bits per heavy atom. The second kappa shape index (κ2) is 10.3. The molecule has 4 rings (SSSR count). The van der Waals surface area contributed by atoms with Crippen molar-refractivity contribution in [3.8, 4) is 0 Å². The Hall–Kier alpha value is -2.67. The van der Waals surface area contributed by atoms with Gasteiger partial charge in [-0.15, -0.1) is 0 Å². The van der Waals surface area contributed by atoms with Crippen LogP contribution in [0.25, 0.3) is 11.0 Å². The van der Waals surface area contributed by atoms with E-state index in [0.717, 1.165) is 47.1 Å². The number of para-hydroxylation sites is 2. The number of aryl methyl sites for hydroxylation is 1. The summed E-state index contributed by atoms with van der Waals surface area (Å²) < 4.78 is 3.00. The SMILES string of the molecule is CC1CCCCN1C(=O)Cn1c(CCCNC(=O)c2ccc(Br)cc2)nc2ccccc21. The lowest BCUT2D eigenvalue weighted by molar-refractivity contribution is -0.135. The van der Waals surface area contributed by atoms with E-state index < -0.39 is 0 Å². The van der Waals surface area contributed by atoms with Crippen LogP contribution in [-0.2, 0) is 17.8 Å². The third-order valence-corrected chi connectivity index (χ3v) is 6.65. The maximum atomic E-state index is 13.1. The van der Waals surface area contributed by atoms with Gasteiger partial charge in [0, 0.05) is 35.6 Å². The molecule has 0 spiro atoms. The van der Waals surface area contributed by atoms with Gasteiger partial charge in [0.2, 0.25) is 5.91 Å². The van der Waals surface area contributed by atoms with Crippen molar-refractivity contribution in [1.29, 1.82) is 0 Å². The van der Waals surface area contributed by atoms with E-state index in [9.17, 15) is 9.59 Å². The van der Waals surface area contributed by atoms with Gasteiger partial charge in [-0.25, -0.2) is 4.98 Å². The minimum atomic E-state index is -0.0831. The highest BCUT2D eigenvalue weighted by Gasteiger charge is 2.24. The number of piperidine rings is 1. The Balaban J connectivity index is 1.41. The van der Waals surface area contributed by atoms with E-state index in [2.05, 4.69) is 32.7 Å². The van der Waals surface area contributed by atoms with Crippen LogP contribution in [0.2, 0.25) is 0 Å². The lowest BCUT2D eigenvalue weighted by atomic mass is 10.0. The van der Waals surface area contributed by atoms with Crippen molar-refractivity contribution in [1.82, 2.24) is 19.8 Å². The number of amides is 2. The fourth-order valence-corrected chi connectivity index (χ4v) is 4.60. The molecule has 1 saturated heterocycles. The maximum Gasteiger partial charge on any atom is 0.251 e. The van der Waals surface area contributed by atoms with Gasteiger partial charge in [0.25, 0.3) is 5.91 Å². The molecule has 2 amide bonds. The average Bonchev–Trinajstić information content (AvgIpc) is 3.14. The Labute approximate surface area is 197 Å². The van der Waals surface area contributed by atoms with Gasteiger partial charge in [-0.2, -0.15) is 0 Å². The van der Waals surface area contributed by atoms with Crippen LogP contribution in [-0.4, -0.2) is 45.4 Å². The Kier molecular flexibility index (Phi) is 7.25. The summed E-state index contributed by atoms with van der Waals surface area (Å²) in [5, 5.41) is 2.97. The monoisotopic (exact) mass is 496 g/mol. The van der Waals surface area contributed by atoms with Gasteiger partial charge in [0.05, 0.1) is 11.0 Å². The van der Waals surface area contributed by atoms with Crippen LogP contribution in [0.15, 0.2) is 53.0 Å². The highest BCUT2D eigenvalue weighted by Crippen LogP contribution is 2.20. The number of hydrogen-bond donors (Lipinski definition) is 1. The number of nitrogens with zero attached hydrogens (tertiary/aromatic N) is 3. The molecule has 168 valence electrons. The number of nitrogens with one attached hydrogen (secondary N) is 1. The van der Waals surface area contributed by atoms with E-state index >= 15 is 0 Å². The normalized spacial score (nSPS) is 16.3. The van der Waals surface area contributed by atoms with Crippen LogP contribution in [0.4, 0.5) is 0 Å². The Morgan fingerprint density at radius 1 is 1.12 bits per heavy atom. The number of carbonyl (C=O) groups excluding carboxylic acids is 2. The molecule has 32 heavy (non-hydrogen) atoms. The largest absolute Gasteiger partial charge is 0.352 e. The number of hydrogen-bond acceptors (Lipinski definition) is 3. The van der Waals surface area contributed by atoms with Crippen molar-refractivity contribution in [3.05, 3.63) is 64.4 Å². The quantitative estimate of drug-likeness (QED) is 0.487. The second-order valence-corrected chi connectivity index (χ2v) is 9.32. The molecule has 2 aromatic carbocycles. The number of likely N-dealkylation sites (tertiary alicyclic amines) is 1. The zero-order chi connectivity index (χ0) is 22.5. The molecule has 0 bridgehead atoms. The molecular weight excluding hydrogens is 468 g/mol. The molecule has 7 heteroatoms. The predicted octanol–water partition coefficient (Wildman–Crippen LogP) is 4.56. The lowest BCUT2D eigenvalue weighted by Crippen LogP contribution is -2.43. The van der Waals surface area contributed by atoms with Crippen molar-refractivity contribution in [2.24, 2.45) is 0 Å². The number of aromatic nitrogens is 2. The van der Waals surface area contributed by atoms with Crippen molar-refractivity contribution < 1.29 is 9.59 Å². The van der Waals surface area contributed by atoms with Crippen LogP contribution in [0.1, 0.15) is 48.8 Å². The second-order valence-electron chi connectivity index (χ2n) is 8.40. The number of halogens is 1. The van der Waals surface area contributed by atoms with E-state index in [4.69, 9.17) is 4.98 Å². The Bertz CT molecular complexity index is 1090. The summed E-state index contributed by atoms with van der Waals surface area (Å²) in [5.74, 6) is 0.965.